The first kappa shape index (κ1) is 21.5. The molecule has 0 unspecified atom stereocenters. The molecule has 154 valence electrons. The Morgan fingerprint density at radius 3 is 2.24 bits per heavy atom. The second-order valence-electron chi connectivity index (χ2n) is 7.26. The fourth-order valence-electron chi connectivity index (χ4n) is 3.88. The lowest BCUT2D eigenvalue weighted by atomic mass is 10.2. The molecule has 0 saturated carbocycles. The summed E-state index contributed by atoms with van der Waals surface area (Å²) in [6.45, 7) is 6.79. The van der Waals surface area contributed by atoms with Crippen LogP contribution in [-0.2, 0) is 6.54 Å². The lowest BCUT2D eigenvalue weighted by Gasteiger charge is -2.37. The van der Waals surface area contributed by atoms with Gasteiger partial charge >= 0.3 is 0 Å². The minimum Gasteiger partial charge on any atom is -0.368 e. The minimum atomic E-state index is 0. The van der Waals surface area contributed by atoms with Crippen LogP contribution in [0.3, 0.4) is 0 Å². The number of anilines is 2. The quantitative estimate of drug-likeness (QED) is 0.300. The molecule has 0 amide bonds. The molecule has 6 heteroatoms. The van der Waals surface area contributed by atoms with Gasteiger partial charge in [-0.1, -0.05) is 42.5 Å². The highest BCUT2D eigenvalue weighted by Gasteiger charge is 2.19. The third-order valence-electron chi connectivity index (χ3n) is 5.46. The summed E-state index contributed by atoms with van der Waals surface area (Å²) in [4.78, 5) is 11.7. The van der Waals surface area contributed by atoms with Crippen molar-refractivity contribution in [3.05, 3.63) is 72.3 Å². The Kier molecular flexibility index (Phi) is 7.80. The predicted molar refractivity (Wildman–Crippen MR) is 134 cm³/mol. The number of hydrogen-bond acceptors (Lipinski definition) is 3. The molecule has 2 aliphatic heterocycles. The molecule has 5 nitrogen and oxygen atoms in total. The van der Waals surface area contributed by atoms with Crippen molar-refractivity contribution < 1.29 is 0 Å². The van der Waals surface area contributed by atoms with E-state index in [1.54, 1.807) is 0 Å². The van der Waals surface area contributed by atoms with Gasteiger partial charge in [-0.2, -0.15) is 0 Å². The minimum absolute atomic E-state index is 0. The summed E-state index contributed by atoms with van der Waals surface area (Å²) < 4.78 is 0. The maximum absolute atomic E-state index is 4.52. The number of guanidine groups is 1. The molecule has 0 aliphatic carbocycles. The van der Waals surface area contributed by atoms with E-state index in [1.807, 2.05) is 7.05 Å². The average molecular weight is 503 g/mol. The number of aliphatic imine (C=N–C) groups is 1. The number of rotatable bonds is 4. The van der Waals surface area contributed by atoms with Crippen molar-refractivity contribution in [1.82, 2.24) is 10.2 Å². The number of hydrogen-bond donors (Lipinski definition) is 1. The first-order valence-corrected chi connectivity index (χ1v) is 10.1. The van der Waals surface area contributed by atoms with Gasteiger partial charge in [0.1, 0.15) is 0 Å². The molecule has 0 atom stereocenters. The van der Waals surface area contributed by atoms with Crippen molar-refractivity contribution in [1.29, 1.82) is 0 Å². The van der Waals surface area contributed by atoms with Gasteiger partial charge in [0.2, 0.25) is 0 Å². The second kappa shape index (κ2) is 10.5. The van der Waals surface area contributed by atoms with E-state index in [0.717, 1.165) is 51.8 Å². The van der Waals surface area contributed by atoms with E-state index in [1.165, 1.54) is 16.9 Å². The van der Waals surface area contributed by atoms with Gasteiger partial charge in [0.05, 0.1) is 0 Å². The van der Waals surface area contributed by atoms with E-state index in [9.17, 15) is 0 Å². The predicted octanol–water partition coefficient (Wildman–Crippen LogP) is 3.58. The van der Waals surface area contributed by atoms with Gasteiger partial charge in [0, 0.05) is 64.2 Å². The smallest absolute Gasteiger partial charge is 0.194 e. The van der Waals surface area contributed by atoms with Crippen LogP contribution in [0, 0.1) is 0 Å². The Morgan fingerprint density at radius 1 is 0.862 bits per heavy atom. The zero-order chi connectivity index (χ0) is 19.2. The van der Waals surface area contributed by atoms with Crippen LogP contribution in [0.15, 0.2) is 71.7 Å². The summed E-state index contributed by atoms with van der Waals surface area (Å²) in [5.74, 6) is 0.987. The molecular formula is C23H30IN5. The van der Waals surface area contributed by atoms with E-state index in [4.69, 9.17) is 0 Å². The highest BCUT2D eigenvalue weighted by Crippen LogP contribution is 2.19. The largest absolute Gasteiger partial charge is 0.368 e. The maximum Gasteiger partial charge on any atom is 0.194 e. The molecule has 0 aromatic heterocycles. The van der Waals surface area contributed by atoms with Crippen molar-refractivity contribution in [2.75, 3.05) is 56.1 Å². The summed E-state index contributed by atoms with van der Waals surface area (Å²) in [7, 11) is 1.87. The van der Waals surface area contributed by atoms with Crippen LogP contribution in [0.25, 0.3) is 0 Å². The van der Waals surface area contributed by atoms with Gasteiger partial charge in [0.25, 0.3) is 0 Å². The molecule has 1 saturated heterocycles. The van der Waals surface area contributed by atoms with Crippen LogP contribution in [0.1, 0.15) is 5.56 Å². The Morgan fingerprint density at radius 2 is 1.55 bits per heavy atom. The first-order valence-electron chi connectivity index (χ1n) is 10.1. The normalized spacial score (nSPS) is 16.7. The first-order chi connectivity index (χ1) is 13.8. The van der Waals surface area contributed by atoms with Crippen molar-refractivity contribution in [3.63, 3.8) is 0 Å². The number of piperazine rings is 1. The third kappa shape index (κ3) is 5.44. The Bertz CT molecular complexity index is 820. The zero-order valence-corrected chi connectivity index (χ0v) is 19.3. The topological polar surface area (TPSA) is 34.1 Å². The Balaban J connectivity index is 0.00000240. The summed E-state index contributed by atoms with van der Waals surface area (Å²) in [6.07, 6.45) is 4.45. The van der Waals surface area contributed by atoms with Gasteiger partial charge in [-0.05, 0) is 29.8 Å². The van der Waals surface area contributed by atoms with Gasteiger partial charge in [-0.15, -0.1) is 24.0 Å². The molecule has 1 fully saturated rings. The molecule has 2 aromatic carbocycles. The summed E-state index contributed by atoms with van der Waals surface area (Å²) >= 11 is 0. The van der Waals surface area contributed by atoms with Gasteiger partial charge in [0.15, 0.2) is 5.96 Å². The SMILES string of the molecule is CN=C(NCc1cccc(N2CC=CC2)c1)N1CCN(c2ccccc2)CC1.I. The molecule has 2 heterocycles. The highest BCUT2D eigenvalue weighted by molar-refractivity contribution is 14.0. The maximum atomic E-state index is 4.52. The fourth-order valence-corrected chi connectivity index (χ4v) is 3.88. The average Bonchev–Trinajstić information content (AvgIpc) is 3.31. The summed E-state index contributed by atoms with van der Waals surface area (Å²) in [5.41, 5.74) is 3.88. The number of nitrogens with one attached hydrogen (secondary N) is 1. The molecule has 2 aliphatic rings. The lowest BCUT2D eigenvalue weighted by Crippen LogP contribution is -2.52. The summed E-state index contributed by atoms with van der Waals surface area (Å²) in [5, 5.41) is 3.55. The number of nitrogens with zero attached hydrogens (tertiary/aromatic N) is 4. The standard InChI is InChI=1S/C23H29N5.HI/c1-24-23(28-16-14-27(15-17-28)21-9-3-2-4-10-21)25-19-20-8-7-11-22(18-20)26-12-5-6-13-26;/h2-11,18H,12-17,19H2,1H3,(H,24,25);1H. The van der Waals surface area contributed by atoms with E-state index in [0.29, 0.717) is 0 Å². The van der Waals surface area contributed by atoms with Gasteiger partial charge in [-0.3, -0.25) is 4.99 Å². The molecule has 0 spiro atoms. The van der Waals surface area contributed by atoms with Crippen molar-refractivity contribution in [2.45, 2.75) is 6.54 Å². The van der Waals surface area contributed by atoms with E-state index < -0.39 is 0 Å². The van der Waals surface area contributed by atoms with Crippen LogP contribution in [0.2, 0.25) is 0 Å². The van der Waals surface area contributed by atoms with E-state index >= 15 is 0 Å². The van der Waals surface area contributed by atoms with E-state index in [-0.39, 0.29) is 24.0 Å². The number of para-hydroxylation sites is 1. The van der Waals surface area contributed by atoms with Crippen LogP contribution in [0.5, 0.6) is 0 Å². The van der Waals surface area contributed by atoms with Crippen LogP contribution < -0.4 is 15.1 Å². The number of halogens is 1. The van der Waals surface area contributed by atoms with Crippen LogP contribution >= 0.6 is 24.0 Å². The van der Waals surface area contributed by atoms with Crippen LogP contribution in [-0.4, -0.2) is 57.2 Å². The van der Waals surface area contributed by atoms with Crippen molar-refractivity contribution >= 4 is 41.3 Å². The zero-order valence-electron chi connectivity index (χ0n) is 17.0. The molecule has 0 radical (unpaired) electrons. The molecule has 4 rings (SSSR count). The monoisotopic (exact) mass is 503 g/mol. The van der Waals surface area contributed by atoms with Gasteiger partial charge < -0.3 is 20.0 Å². The van der Waals surface area contributed by atoms with Crippen LogP contribution in [0.4, 0.5) is 11.4 Å². The number of benzene rings is 2. The third-order valence-corrected chi connectivity index (χ3v) is 5.46. The second-order valence-corrected chi connectivity index (χ2v) is 7.26. The molecular weight excluding hydrogens is 473 g/mol. The molecule has 2 aromatic rings. The molecule has 0 bridgehead atoms. The van der Waals surface area contributed by atoms with Gasteiger partial charge in [-0.25, -0.2) is 0 Å². The summed E-state index contributed by atoms with van der Waals surface area (Å²) in [6, 6.07) is 19.4. The van der Waals surface area contributed by atoms with E-state index in [2.05, 4.69) is 91.8 Å². The Labute approximate surface area is 191 Å². The fraction of sp³-hybridized carbons (Fsp3) is 0.348. The van der Waals surface area contributed by atoms with Crippen molar-refractivity contribution in [2.24, 2.45) is 4.99 Å². The molecule has 29 heavy (non-hydrogen) atoms. The Hall–Kier alpha value is -2.22. The highest BCUT2D eigenvalue weighted by atomic mass is 127. The van der Waals surface area contributed by atoms with Crippen molar-refractivity contribution in [3.8, 4) is 0 Å². The molecule has 1 N–H and O–H groups in total. The lowest BCUT2D eigenvalue weighted by molar-refractivity contribution is 0.372.